The molecule has 0 spiro atoms. The van der Waals surface area contributed by atoms with Crippen molar-refractivity contribution in [2.45, 2.75) is 200 Å². The summed E-state index contributed by atoms with van der Waals surface area (Å²) in [5.41, 5.74) is 0. The lowest BCUT2D eigenvalue weighted by molar-refractivity contribution is -0.167. The predicted molar refractivity (Wildman–Crippen MR) is 256 cm³/mol. The molecule has 0 amide bonds. The normalized spacial score (nSPS) is 13.1. The van der Waals surface area contributed by atoms with E-state index in [0.29, 0.717) is 19.3 Å². The van der Waals surface area contributed by atoms with Crippen molar-refractivity contribution in [3.05, 3.63) is 109 Å². The molecule has 0 aromatic heterocycles. The molecule has 1 unspecified atom stereocenters. The molecule has 0 fully saturated rings. The first-order valence-corrected chi connectivity index (χ1v) is 24.0. The average molecular weight is 831 g/mol. The lowest BCUT2D eigenvalue weighted by Crippen LogP contribution is -2.30. The molecule has 0 saturated carbocycles. The van der Waals surface area contributed by atoms with E-state index in [-0.39, 0.29) is 37.5 Å². The Morgan fingerprint density at radius 2 is 0.733 bits per heavy atom. The van der Waals surface area contributed by atoms with Crippen molar-refractivity contribution in [1.29, 1.82) is 0 Å². The third-order valence-corrected chi connectivity index (χ3v) is 9.65. The fourth-order valence-corrected chi connectivity index (χ4v) is 6.08. The molecule has 6 heteroatoms. The van der Waals surface area contributed by atoms with Gasteiger partial charge in [-0.1, -0.05) is 194 Å². The Balaban J connectivity index is 4.48. The predicted octanol–water partition coefficient (Wildman–Crippen LogP) is 15.6. The zero-order chi connectivity index (χ0) is 43.7. The summed E-state index contributed by atoms with van der Waals surface area (Å²) in [5.74, 6) is -1.02. The number of esters is 3. The highest BCUT2D eigenvalue weighted by Crippen LogP contribution is 2.12. The first-order valence-electron chi connectivity index (χ1n) is 24.0. The van der Waals surface area contributed by atoms with Crippen molar-refractivity contribution in [2.24, 2.45) is 0 Å². The minimum atomic E-state index is -0.820. The van der Waals surface area contributed by atoms with E-state index in [9.17, 15) is 14.4 Å². The molecule has 0 radical (unpaired) electrons. The second kappa shape index (κ2) is 47.7. The van der Waals surface area contributed by atoms with E-state index in [1.807, 2.05) is 48.6 Å². The van der Waals surface area contributed by atoms with Crippen LogP contribution in [0.3, 0.4) is 0 Å². The van der Waals surface area contributed by atoms with E-state index in [1.54, 1.807) is 0 Å². The summed E-state index contributed by atoms with van der Waals surface area (Å²) in [6.45, 7) is 6.26. The van der Waals surface area contributed by atoms with Gasteiger partial charge in [0.05, 0.1) is 0 Å². The number of allylic oxidation sites excluding steroid dienone is 18. The third-order valence-electron chi connectivity index (χ3n) is 9.65. The standard InChI is InChI=1S/C54H86O6/c1-4-7-10-13-16-19-21-23-25-26-27-29-30-32-35-38-41-44-47-53(56)59-50-51(49-58-52(55)46-43-40-37-34-18-15-12-9-6-3)60-54(57)48-45-42-39-36-33-31-28-24-22-20-17-14-11-8-5-2/h8-9,11-12,14,17-18,20,22,24-29,31,33-34,51H,4-7,10,13,15-16,19,21,23,30,32,35-50H2,1-3H3/b11-8-,12-9-,17-14-,22-20-,26-25-,28-24-,29-27-,33-31-,34-18-. The third kappa shape index (κ3) is 45.2. The molecule has 0 aliphatic heterocycles. The van der Waals surface area contributed by atoms with Crippen LogP contribution in [0.5, 0.6) is 0 Å². The molecule has 6 nitrogen and oxygen atoms in total. The van der Waals surface area contributed by atoms with Crippen LogP contribution in [-0.4, -0.2) is 37.2 Å². The van der Waals surface area contributed by atoms with E-state index in [0.717, 1.165) is 96.3 Å². The molecule has 0 N–H and O–H groups in total. The minimum absolute atomic E-state index is 0.116. The van der Waals surface area contributed by atoms with Gasteiger partial charge in [0.15, 0.2) is 6.10 Å². The van der Waals surface area contributed by atoms with Crippen LogP contribution in [0.2, 0.25) is 0 Å². The van der Waals surface area contributed by atoms with Gasteiger partial charge in [-0.3, -0.25) is 14.4 Å². The van der Waals surface area contributed by atoms with Crippen LogP contribution in [0.25, 0.3) is 0 Å². The Morgan fingerprint density at radius 1 is 0.367 bits per heavy atom. The van der Waals surface area contributed by atoms with Crippen LogP contribution in [0.4, 0.5) is 0 Å². The summed E-state index contributed by atoms with van der Waals surface area (Å²) in [6, 6.07) is 0. The molecule has 338 valence electrons. The Morgan fingerprint density at radius 3 is 1.27 bits per heavy atom. The van der Waals surface area contributed by atoms with Crippen LogP contribution in [0.15, 0.2) is 109 Å². The maximum Gasteiger partial charge on any atom is 0.306 e. The smallest absolute Gasteiger partial charge is 0.306 e. The van der Waals surface area contributed by atoms with Gasteiger partial charge in [0, 0.05) is 19.3 Å². The van der Waals surface area contributed by atoms with Crippen LogP contribution in [0, 0.1) is 0 Å². The molecular formula is C54H86O6. The van der Waals surface area contributed by atoms with Crippen molar-refractivity contribution in [1.82, 2.24) is 0 Å². The van der Waals surface area contributed by atoms with E-state index in [1.165, 1.54) is 51.4 Å². The summed E-state index contributed by atoms with van der Waals surface area (Å²) in [6.07, 6.45) is 63.7. The SMILES string of the molecule is CC\C=C/C=C\C=C/C=C\C=C/CCCCCC(=O)OC(COC(=O)CCCC/C=C\C/C=C\CC)COC(=O)CCCCCCC/C=C\C=C/CCCCCCCCC. The second-order valence-corrected chi connectivity index (χ2v) is 15.4. The molecule has 0 heterocycles. The summed E-state index contributed by atoms with van der Waals surface area (Å²) in [4.78, 5) is 37.8. The van der Waals surface area contributed by atoms with Crippen molar-refractivity contribution >= 4 is 17.9 Å². The van der Waals surface area contributed by atoms with E-state index < -0.39 is 6.10 Å². The second-order valence-electron chi connectivity index (χ2n) is 15.4. The van der Waals surface area contributed by atoms with Gasteiger partial charge in [-0.25, -0.2) is 0 Å². The lowest BCUT2D eigenvalue weighted by Gasteiger charge is -2.18. The lowest BCUT2D eigenvalue weighted by atomic mass is 10.1. The summed E-state index contributed by atoms with van der Waals surface area (Å²) in [7, 11) is 0. The summed E-state index contributed by atoms with van der Waals surface area (Å²) < 4.78 is 16.6. The molecular weight excluding hydrogens is 745 g/mol. The average Bonchev–Trinajstić information content (AvgIpc) is 3.24. The van der Waals surface area contributed by atoms with Gasteiger partial charge in [0.1, 0.15) is 13.2 Å². The maximum atomic E-state index is 12.7. The van der Waals surface area contributed by atoms with Crippen LogP contribution in [-0.2, 0) is 28.6 Å². The van der Waals surface area contributed by atoms with Crippen molar-refractivity contribution < 1.29 is 28.6 Å². The highest BCUT2D eigenvalue weighted by atomic mass is 16.6. The van der Waals surface area contributed by atoms with Crippen LogP contribution < -0.4 is 0 Å². The fourth-order valence-electron chi connectivity index (χ4n) is 6.08. The zero-order valence-electron chi connectivity index (χ0n) is 38.4. The quantitative estimate of drug-likeness (QED) is 0.0201. The van der Waals surface area contributed by atoms with Gasteiger partial charge in [0.2, 0.25) is 0 Å². The van der Waals surface area contributed by atoms with E-state index >= 15 is 0 Å². The van der Waals surface area contributed by atoms with Crippen LogP contribution in [0.1, 0.15) is 194 Å². The molecule has 0 aromatic rings. The summed E-state index contributed by atoms with van der Waals surface area (Å²) >= 11 is 0. The maximum absolute atomic E-state index is 12.7. The largest absolute Gasteiger partial charge is 0.462 e. The van der Waals surface area contributed by atoms with Gasteiger partial charge < -0.3 is 14.2 Å². The molecule has 0 bridgehead atoms. The van der Waals surface area contributed by atoms with Gasteiger partial charge in [-0.05, 0) is 89.9 Å². The monoisotopic (exact) mass is 831 g/mol. The molecule has 60 heavy (non-hydrogen) atoms. The number of hydrogen-bond donors (Lipinski definition) is 0. The number of carbonyl (C=O) groups excluding carboxylic acids is 3. The molecule has 0 aliphatic carbocycles. The highest BCUT2D eigenvalue weighted by Gasteiger charge is 2.19. The van der Waals surface area contributed by atoms with Crippen molar-refractivity contribution in [2.75, 3.05) is 13.2 Å². The number of carbonyl (C=O) groups is 3. The minimum Gasteiger partial charge on any atom is -0.462 e. The van der Waals surface area contributed by atoms with Gasteiger partial charge in [-0.2, -0.15) is 0 Å². The molecule has 0 aliphatic rings. The van der Waals surface area contributed by atoms with Crippen molar-refractivity contribution in [3.8, 4) is 0 Å². The Kier molecular flexibility index (Phi) is 44.6. The van der Waals surface area contributed by atoms with E-state index in [2.05, 4.69) is 81.5 Å². The van der Waals surface area contributed by atoms with E-state index in [4.69, 9.17) is 14.2 Å². The van der Waals surface area contributed by atoms with Gasteiger partial charge in [-0.15, -0.1) is 0 Å². The number of ether oxygens (including phenoxy) is 3. The van der Waals surface area contributed by atoms with Gasteiger partial charge in [0.25, 0.3) is 0 Å². The van der Waals surface area contributed by atoms with Gasteiger partial charge >= 0.3 is 17.9 Å². The zero-order valence-corrected chi connectivity index (χ0v) is 38.4. The Bertz CT molecular complexity index is 1280. The molecule has 1 atom stereocenters. The first-order chi connectivity index (χ1) is 29.5. The first kappa shape index (κ1) is 56.1. The topological polar surface area (TPSA) is 78.9 Å². The Hall–Kier alpha value is -3.93. The molecule has 0 aromatic carbocycles. The summed E-state index contributed by atoms with van der Waals surface area (Å²) in [5, 5.41) is 0. The number of hydrogen-bond acceptors (Lipinski definition) is 6. The number of rotatable bonds is 41. The molecule has 0 saturated heterocycles. The highest BCUT2D eigenvalue weighted by molar-refractivity contribution is 5.71. The van der Waals surface area contributed by atoms with Crippen molar-refractivity contribution in [3.63, 3.8) is 0 Å². The fraction of sp³-hybridized carbons (Fsp3) is 0.611. The van der Waals surface area contributed by atoms with Crippen LogP contribution >= 0.6 is 0 Å². The Labute approximate surface area is 368 Å². The molecule has 0 rings (SSSR count). The number of unbranched alkanes of at least 4 members (excludes halogenated alkanes) is 17.